The Morgan fingerprint density at radius 3 is 2.37 bits per heavy atom. The largest absolute Gasteiger partial charge is 0.492 e. The van der Waals surface area contributed by atoms with E-state index < -0.39 is 38.7 Å². The number of amides is 1. The third-order valence-corrected chi connectivity index (χ3v) is 5.94. The molecule has 30 heavy (non-hydrogen) atoms. The zero-order chi connectivity index (χ0) is 22.7. The minimum Gasteiger partial charge on any atom is -0.492 e. The van der Waals surface area contributed by atoms with Crippen molar-refractivity contribution in [2.45, 2.75) is 31.0 Å². The number of hydrogen-bond donors (Lipinski definition) is 2. The molecule has 0 radical (unpaired) electrons. The molecule has 1 amide bonds. The van der Waals surface area contributed by atoms with Crippen LogP contribution in [0.15, 0.2) is 41.3 Å². The van der Waals surface area contributed by atoms with Gasteiger partial charge in [0.05, 0.1) is 33.2 Å². The predicted octanol–water partition coefficient (Wildman–Crippen LogP) is 4.72. The van der Waals surface area contributed by atoms with E-state index >= 15 is 0 Å². The second kappa shape index (κ2) is 9.42. The van der Waals surface area contributed by atoms with Crippen LogP contribution in [0.3, 0.4) is 0 Å². The third-order valence-electron chi connectivity index (χ3n) is 3.78. The van der Waals surface area contributed by atoms with Gasteiger partial charge in [0.1, 0.15) is 5.75 Å². The number of rotatable bonds is 7. The first-order valence-corrected chi connectivity index (χ1v) is 10.7. The zero-order valence-electron chi connectivity index (χ0n) is 15.7. The molecule has 0 heterocycles. The Morgan fingerprint density at radius 2 is 1.80 bits per heavy atom. The lowest BCUT2D eigenvalue weighted by Crippen LogP contribution is -2.41. The second-order valence-corrected chi connectivity index (χ2v) is 8.58. The molecule has 0 aliphatic carbocycles. The zero-order valence-corrected chi connectivity index (χ0v) is 18.0. The van der Waals surface area contributed by atoms with Gasteiger partial charge in [-0.1, -0.05) is 23.2 Å². The van der Waals surface area contributed by atoms with E-state index in [-0.39, 0.29) is 15.6 Å². The summed E-state index contributed by atoms with van der Waals surface area (Å²) in [5.41, 5.74) is -1.31. The Hall–Kier alpha value is -2.01. The Bertz CT molecular complexity index is 1050. The summed E-state index contributed by atoms with van der Waals surface area (Å²) in [5.74, 6) is -0.571. The van der Waals surface area contributed by atoms with E-state index in [0.29, 0.717) is 18.4 Å². The van der Waals surface area contributed by atoms with Gasteiger partial charge in [-0.2, -0.15) is 17.9 Å². The monoisotopic (exact) mass is 484 g/mol. The lowest BCUT2D eigenvalue weighted by atomic mass is 10.2. The number of alkyl halides is 3. The molecule has 0 aliphatic rings. The summed E-state index contributed by atoms with van der Waals surface area (Å²) in [6.45, 7) is 3.31. The molecule has 0 aromatic heterocycles. The first-order valence-electron chi connectivity index (χ1n) is 8.47. The summed E-state index contributed by atoms with van der Waals surface area (Å²) >= 11 is 11.5. The number of hydrogen-bond acceptors (Lipinski definition) is 4. The molecular weight excluding hydrogens is 468 g/mol. The molecule has 6 nitrogen and oxygen atoms in total. The quantitative estimate of drug-likeness (QED) is 0.595. The van der Waals surface area contributed by atoms with Crippen LogP contribution >= 0.6 is 23.2 Å². The van der Waals surface area contributed by atoms with Gasteiger partial charge in [-0.05, 0) is 50.2 Å². The molecule has 2 rings (SSSR count). The predicted molar refractivity (Wildman–Crippen MR) is 107 cm³/mol. The smallest absolute Gasteiger partial charge is 0.417 e. The van der Waals surface area contributed by atoms with Crippen molar-refractivity contribution in [3.8, 4) is 5.75 Å². The van der Waals surface area contributed by atoms with Crippen molar-refractivity contribution >= 4 is 44.8 Å². The molecule has 2 aromatic rings. The van der Waals surface area contributed by atoms with Crippen molar-refractivity contribution in [1.29, 1.82) is 0 Å². The van der Waals surface area contributed by atoms with Gasteiger partial charge in [0.15, 0.2) is 0 Å². The Balaban J connectivity index is 2.14. The molecule has 0 fully saturated rings. The normalized spacial score (nSPS) is 13.0. The number of benzene rings is 2. The highest BCUT2D eigenvalue weighted by Crippen LogP contribution is 2.36. The van der Waals surface area contributed by atoms with E-state index in [2.05, 4.69) is 10.0 Å². The average molecular weight is 485 g/mol. The van der Waals surface area contributed by atoms with Gasteiger partial charge < -0.3 is 10.1 Å². The molecule has 2 aromatic carbocycles. The third kappa shape index (κ3) is 6.00. The Kier molecular flexibility index (Phi) is 7.62. The van der Waals surface area contributed by atoms with Crippen LogP contribution < -0.4 is 14.8 Å². The van der Waals surface area contributed by atoms with E-state index in [1.54, 1.807) is 6.92 Å². The number of carbonyl (C=O) groups is 1. The minimum atomic E-state index is -4.71. The van der Waals surface area contributed by atoms with Crippen molar-refractivity contribution in [3.63, 3.8) is 0 Å². The summed E-state index contributed by atoms with van der Waals surface area (Å²) in [7, 11) is -4.14. The van der Waals surface area contributed by atoms with Crippen molar-refractivity contribution in [3.05, 3.63) is 52.0 Å². The Labute approximate surface area is 181 Å². The van der Waals surface area contributed by atoms with E-state index in [1.807, 2.05) is 0 Å². The van der Waals surface area contributed by atoms with Gasteiger partial charge in [-0.3, -0.25) is 4.79 Å². The van der Waals surface area contributed by atoms with Gasteiger partial charge in [-0.25, -0.2) is 8.42 Å². The number of anilines is 1. The summed E-state index contributed by atoms with van der Waals surface area (Å²) in [6, 6.07) is 5.29. The first kappa shape index (κ1) is 24.3. The fraction of sp³-hybridized carbons (Fsp3) is 0.278. The van der Waals surface area contributed by atoms with Crippen LogP contribution in [-0.2, 0) is 21.0 Å². The van der Waals surface area contributed by atoms with E-state index in [1.165, 1.54) is 25.1 Å². The molecule has 164 valence electrons. The van der Waals surface area contributed by atoms with Crippen LogP contribution in [0, 0.1) is 0 Å². The highest BCUT2D eigenvalue weighted by atomic mass is 35.5. The number of ether oxygens (including phenoxy) is 1. The van der Waals surface area contributed by atoms with E-state index in [9.17, 15) is 26.4 Å². The maximum atomic E-state index is 12.9. The first-order chi connectivity index (χ1) is 13.8. The molecule has 0 saturated carbocycles. The fourth-order valence-corrected chi connectivity index (χ4v) is 4.10. The maximum Gasteiger partial charge on any atom is 0.417 e. The number of carbonyl (C=O) groups excluding carboxylic acids is 1. The van der Waals surface area contributed by atoms with Gasteiger partial charge >= 0.3 is 6.18 Å². The highest BCUT2D eigenvalue weighted by molar-refractivity contribution is 7.89. The lowest BCUT2D eigenvalue weighted by Gasteiger charge is -2.16. The molecule has 0 bridgehead atoms. The van der Waals surface area contributed by atoms with Gasteiger partial charge in [0.25, 0.3) is 0 Å². The summed E-state index contributed by atoms with van der Waals surface area (Å²) in [5, 5.41) is 1.76. The maximum absolute atomic E-state index is 12.9. The minimum absolute atomic E-state index is 0.0673. The standard InChI is InChI=1S/C18H17Cl2F3N2O4S/c1-3-29-16-7-5-12(9-15(16)20)30(27,28)25-10(2)17(26)24-11-4-6-14(19)13(8-11)18(21,22)23/h4-10,25H,3H2,1-2H3,(H,24,26)/t10-/m1/s1. The van der Waals surface area contributed by atoms with Crippen molar-refractivity contribution in [2.75, 3.05) is 11.9 Å². The molecular formula is C18H17Cl2F3N2O4S. The van der Waals surface area contributed by atoms with Gasteiger partial charge in [-0.15, -0.1) is 0 Å². The summed E-state index contributed by atoms with van der Waals surface area (Å²) in [4.78, 5) is 12.1. The number of halogens is 5. The lowest BCUT2D eigenvalue weighted by molar-refractivity contribution is -0.137. The van der Waals surface area contributed by atoms with E-state index in [4.69, 9.17) is 27.9 Å². The van der Waals surface area contributed by atoms with Crippen LogP contribution in [0.5, 0.6) is 5.75 Å². The molecule has 0 saturated heterocycles. The SMILES string of the molecule is CCOc1ccc(S(=O)(=O)N[C@H](C)C(=O)Nc2ccc(Cl)c(C(F)(F)F)c2)cc1Cl. The molecule has 1 atom stereocenters. The van der Waals surface area contributed by atoms with Crippen LogP contribution in [0.25, 0.3) is 0 Å². The number of sulfonamides is 1. The van der Waals surface area contributed by atoms with Crippen LogP contribution in [0.4, 0.5) is 18.9 Å². The molecule has 0 spiro atoms. The van der Waals surface area contributed by atoms with Crippen molar-refractivity contribution in [1.82, 2.24) is 4.72 Å². The molecule has 12 heteroatoms. The Morgan fingerprint density at radius 1 is 1.13 bits per heavy atom. The molecule has 0 unspecified atom stereocenters. The van der Waals surface area contributed by atoms with Crippen LogP contribution in [0.1, 0.15) is 19.4 Å². The number of nitrogens with one attached hydrogen (secondary N) is 2. The summed E-state index contributed by atoms with van der Waals surface area (Å²) in [6.07, 6.45) is -4.71. The fourth-order valence-electron chi connectivity index (χ4n) is 2.35. The molecule has 2 N–H and O–H groups in total. The van der Waals surface area contributed by atoms with E-state index in [0.717, 1.165) is 12.1 Å². The van der Waals surface area contributed by atoms with Crippen molar-refractivity contribution < 1.29 is 31.1 Å². The van der Waals surface area contributed by atoms with Crippen molar-refractivity contribution in [2.24, 2.45) is 0 Å². The van der Waals surface area contributed by atoms with Crippen LogP contribution in [0.2, 0.25) is 10.0 Å². The topological polar surface area (TPSA) is 84.5 Å². The highest BCUT2D eigenvalue weighted by Gasteiger charge is 2.33. The van der Waals surface area contributed by atoms with Gasteiger partial charge in [0.2, 0.25) is 15.9 Å². The van der Waals surface area contributed by atoms with Gasteiger partial charge in [0, 0.05) is 5.69 Å². The second-order valence-electron chi connectivity index (χ2n) is 6.05. The summed E-state index contributed by atoms with van der Waals surface area (Å²) < 4.78 is 71.2. The van der Waals surface area contributed by atoms with Crippen LogP contribution in [-0.4, -0.2) is 27.0 Å². The average Bonchev–Trinajstić information content (AvgIpc) is 2.63. The molecule has 0 aliphatic heterocycles.